The number of aliphatic carboxylic acids is 1. The van der Waals surface area contributed by atoms with Gasteiger partial charge in [0.2, 0.25) is 11.9 Å². The smallest absolute Gasteiger partial charge is 0.326 e. The van der Waals surface area contributed by atoms with E-state index in [0.717, 1.165) is 12.0 Å². The molecule has 47 heavy (non-hydrogen) atoms. The van der Waals surface area contributed by atoms with Crippen LogP contribution in [0.1, 0.15) is 41.7 Å². The quantitative estimate of drug-likeness (QED) is 0.114. The molecule has 3 aromatic rings. The summed E-state index contributed by atoms with van der Waals surface area (Å²) in [6.45, 7) is 0.546. The van der Waals surface area contributed by atoms with Crippen LogP contribution < -0.4 is 22.3 Å². The van der Waals surface area contributed by atoms with Crippen LogP contribution in [0.15, 0.2) is 35.3 Å². The highest BCUT2D eigenvalue weighted by Crippen LogP contribution is 2.37. The summed E-state index contributed by atoms with van der Waals surface area (Å²) in [5.74, 6) is -2.18. The molecule has 0 radical (unpaired) electrons. The molecule has 0 saturated carbocycles. The van der Waals surface area contributed by atoms with Gasteiger partial charge >= 0.3 is 5.97 Å². The zero-order valence-corrected chi connectivity index (χ0v) is 26.9. The zero-order valence-electron chi connectivity index (χ0n) is 26.9. The first-order chi connectivity index (χ1) is 22.6. The first-order valence-electron chi connectivity index (χ1n) is 16.8. The Morgan fingerprint density at radius 1 is 1.06 bits per heavy atom. The van der Waals surface area contributed by atoms with Gasteiger partial charge in [-0.2, -0.15) is 4.98 Å². The van der Waals surface area contributed by atoms with Crippen molar-refractivity contribution in [3.8, 4) is 0 Å². The molecule has 2 fully saturated rings. The number of nitrogens with two attached hydrogens (primary N) is 2. The number of aromatic nitrogens is 4. The number of carbonyl (C=O) groups excluding carboxylic acids is 2. The number of H-pyrrole nitrogens is 1. The van der Waals surface area contributed by atoms with Crippen molar-refractivity contribution in [1.82, 2.24) is 24.8 Å². The van der Waals surface area contributed by atoms with Crippen LogP contribution in [0.4, 0.5) is 11.6 Å². The molecule has 4 heterocycles. The molecule has 2 amide bonds. The SMILES string of the molecule is NC(=O)CC[C@@H](C(=O)O)N(CCCC12BBBBBBBC(BB1)B2)C(=O)c1ccc(NCc2cnc3nc(N)[nH]c(=O)c3n2)cc1. The van der Waals surface area contributed by atoms with Gasteiger partial charge in [0, 0.05) is 59.5 Å². The third kappa shape index (κ3) is 9.13. The number of carbonyl (C=O) groups is 3. The van der Waals surface area contributed by atoms with Gasteiger partial charge in [0.25, 0.3) is 11.5 Å². The molecule has 0 aliphatic carbocycles. The minimum absolute atomic E-state index is 0.0363. The lowest BCUT2D eigenvalue weighted by Crippen LogP contribution is -2.46. The van der Waals surface area contributed by atoms with Gasteiger partial charge in [-0.05, 0) is 37.1 Å². The number of nitrogen functional groups attached to an aromatic ring is 1. The number of aromatic amines is 1. The van der Waals surface area contributed by atoms with Crippen molar-refractivity contribution < 1.29 is 19.5 Å². The molecule has 232 valence electrons. The molecule has 2 saturated heterocycles. The standard InChI is InChI=1S/C24H36B10N8O5/c35-16(43)7-6-15(21(46)47)42(9-1-8-24-25-22(26-28-24)27-30-32-34-33-31-29-24)20(45)12-2-4-13(5-3-12)37-10-14-11-38-18-17(39-14)19(44)41-23(36)40-18/h2-5,11,15,22,25-34,37H,1,6-10H2,(H2,35,43)(H,46,47)(H3,36,38,40,41,44)/t15-,22?,24?/m0/s1. The number of anilines is 2. The van der Waals surface area contributed by atoms with Crippen LogP contribution in [0.3, 0.4) is 0 Å². The van der Waals surface area contributed by atoms with E-state index >= 15 is 0 Å². The number of benzene rings is 1. The van der Waals surface area contributed by atoms with E-state index in [9.17, 15) is 24.3 Å². The predicted molar refractivity (Wildman–Crippen MR) is 204 cm³/mol. The number of rotatable bonds is 13. The van der Waals surface area contributed by atoms with Crippen LogP contribution in [0, 0.1) is 0 Å². The molecule has 3 atom stereocenters. The number of carboxylic acids is 1. The molecule has 2 bridgehead atoms. The largest absolute Gasteiger partial charge is 0.480 e. The van der Waals surface area contributed by atoms with E-state index in [0.29, 0.717) is 29.9 Å². The van der Waals surface area contributed by atoms with Crippen molar-refractivity contribution >= 4 is 112 Å². The Kier molecular flexibility index (Phi) is 11.6. The summed E-state index contributed by atoms with van der Waals surface area (Å²) in [4.78, 5) is 66.4. The van der Waals surface area contributed by atoms with Crippen LogP contribution in [-0.4, -0.2) is 132 Å². The first kappa shape index (κ1) is 34.4. The summed E-state index contributed by atoms with van der Waals surface area (Å²) in [5, 5.41) is 13.6. The van der Waals surface area contributed by atoms with Crippen LogP contribution >= 0.6 is 0 Å². The van der Waals surface area contributed by atoms with Crippen molar-refractivity contribution in [1.29, 1.82) is 0 Å². The van der Waals surface area contributed by atoms with Crippen molar-refractivity contribution in [2.75, 3.05) is 17.6 Å². The topological polar surface area (TPSA) is 210 Å². The highest BCUT2D eigenvalue weighted by atomic mass is 16.4. The highest BCUT2D eigenvalue weighted by Gasteiger charge is 2.41. The van der Waals surface area contributed by atoms with E-state index in [2.05, 4.69) is 25.3 Å². The second-order valence-electron chi connectivity index (χ2n) is 13.3. The molecule has 7 N–H and O–H groups in total. The van der Waals surface area contributed by atoms with Crippen LogP contribution in [0.25, 0.3) is 11.2 Å². The Labute approximate surface area is 280 Å². The Morgan fingerprint density at radius 2 is 1.83 bits per heavy atom. The van der Waals surface area contributed by atoms with Gasteiger partial charge < -0.3 is 26.8 Å². The molecule has 5 rings (SSSR count). The summed E-state index contributed by atoms with van der Waals surface area (Å²) in [6, 6.07) is 5.59. The summed E-state index contributed by atoms with van der Waals surface area (Å²) in [7, 11) is 12.6. The molecule has 2 aliphatic rings. The van der Waals surface area contributed by atoms with E-state index in [1.807, 2.05) is 0 Å². The third-order valence-electron chi connectivity index (χ3n) is 9.91. The maximum absolute atomic E-state index is 13.9. The van der Waals surface area contributed by atoms with E-state index in [-0.39, 0.29) is 41.6 Å². The molecular weight excluding hydrogens is 588 g/mol. The highest BCUT2D eigenvalue weighted by molar-refractivity contribution is 7.64. The molecular formula is C24H36B10N8O5. The van der Waals surface area contributed by atoms with Gasteiger partial charge in [0.1, 0.15) is 6.04 Å². The number of carboxylic acid groups (broad SMARTS) is 1. The second-order valence-corrected chi connectivity index (χ2v) is 13.3. The fourth-order valence-electron chi connectivity index (χ4n) is 7.48. The second kappa shape index (κ2) is 15.8. The lowest BCUT2D eigenvalue weighted by atomic mass is 8.89. The summed E-state index contributed by atoms with van der Waals surface area (Å²) in [6.07, 6.45) is 3.00. The number of nitrogens with zero attached hydrogens (tertiary/aromatic N) is 4. The Bertz CT molecular complexity index is 1660. The Balaban J connectivity index is 1.27. The van der Waals surface area contributed by atoms with Crippen molar-refractivity contribution in [2.45, 2.75) is 49.0 Å². The predicted octanol–water partition coefficient (Wildman–Crippen LogP) is -5.58. The summed E-state index contributed by atoms with van der Waals surface area (Å²) >= 11 is 0. The lowest BCUT2D eigenvalue weighted by Gasteiger charge is -2.33. The molecule has 1 aromatic carbocycles. The molecule has 13 nitrogen and oxygen atoms in total. The van der Waals surface area contributed by atoms with Gasteiger partial charge in [0.05, 0.1) is 54.4 Å². The van der Waals surface area contributed by atoms with Crippen molar-refractivity contribution in [2.24, 2.45) is 5.73 Å². The zero-order chi connectivity index (χ0) is 33.4. The molecule has 23 heteroatoms. The van der Waals surface area contributed by atoms with E-state index < -0.39 is 29.4 Å². The van der Waals surface area contributed by atoms with Crippen LogP contribution in [-0.2, 0) is 16.1 Å². The Hall–Kier alpha value is -3.90. The number of hydrogen-bond acceptors (Lipinski definition) is 9. The van der Waals surface area contributed by atoms with Crippen molar-refractivity contribution in [3.63, 3.8) is 0 Å². The average molecular weight is 625 g/mol. The monoisotopic (exact) mass is 626 g/mol. The minimum Gasteiger partial charge on any atom is -0.480 e. The molecule has 2 unspecified atom stereocenters. The summed E-state index contributed by atoms with van der Waals surface area (Å²) < 4.78 is 0. The fourth-order valence-corrected chi connectivity index (χ4v) is 7.48. The van der Waals surface area contributed by atoms with Gasteiger partial charge in [-0.3, -0.25) is 19.4 Å². The van der Waals surface area contributed by atoms with E-state index in [1.165, 1.54) is 82.4 Å². The minimum atomic E-state index is -1.16. The van der Waals surface area contributed by atoms with Crippen molar-refractivity contribution in [3.05, 3.63) is 52.1 Å². The molecule has 2 aliphatic heterocycles. The normalized spacial score (nSPS) is 18.7. The number of fused-ring (bicyclic) bond motifs is 3. The lowest BCUT2D eigenvalue weighted by molar-refractivity contribution is -0.142. The van der Waals surface area contributed by atoms with Crippen LogP contribution in [0.2, 0.25) is 10.7 Å². The number of amides is 2. The van der Waals surface area contributed by atoms with Gasteiger partial charge in [-0.15, -0.1) is 10.7 Å². The average Bonchev–Trinajstić information content (AvgIpc) is 3.43. The molecule has 2 aromatic heterocycles. The van der Waals surface area contributed by atoms with E-state index in [1.54, 1.807) is 24.3 Å². The molecule has 0 spiro atoms. The maximum Gasteiger partial charge on any atom is 0.326 e. The van der Waals surface area contributed by atoms with Gasteiger partial charge in [-0.1, -0.05) is 6.42 Å². The number of primary amides is 1. The summed E-state index contributed by atoms with van der Waals surface area (Å²) in [5.41, 5.74) is 13.0. The number of hydrogen-bond donors (Lipinski definition) is 5. The Morgan fingerprint density at radius 3 is 2.60 bits per heavy atom. The van der Waals surface area contributed by atoms with E-state index in [4.69, 9.17) is 11.5 Å². The first-order valence-corrected chi connectivity index (χ1v) is 16.8. The fraction of sp³-hybridized carbons (Fsp3) is 0.375. The van der Waals surface area contributed by atoms with Gasteiger partial charge in [0.15, 0.2) is 11.2 Å². The van der Waals surface area contributed by atoms with Crippen LogP contribution in [0.5, 0.6) is 0 Å². The maximum atomic E-state index is 13.9. The third-order valence-corrected chi connectivity index (χ3v) is 9.91. The van der Waals surface area contributed by atoms with Gasteiger partial charge in [-0.25, -0.2) is 14.8 Å². The number of nitrogens with one attached hydrogen (secondary N) is 2.